The van der Waals surface area contributed by atoms with Gasteiger partial charge in [0, 0.05) is 12.1 Å². The molecule has 0 aliphatic carbocycles. The molecule has 0 unspecified atom stereocenters. The van der Waals surface area contributed by atoms with E-state index in [4.69, 9.17) is 0 Å². The van der Waals surface area contributed by atoms with Gasteiger partial charge in [-0.1, -0.05) is 29.8 Å². The van der Waals surface area contributed by atoms with Gasteiger partial charge < -0.3 is 5.32 Å². The average Bonchev–Trinajstić information content (AvgIpc) is 2.55. The number of anilines is 1. The van der Waals surface area contributed by atoms with Crippen LogP contribution in [-0.2, 0) is 10.0 Å². The SMILES string of the molecule is C=CCNC(=O)c1ccc(C)c(S(=O)(=O)Nc2ccc(C)cc2C)c1. The normalized spacial score (nSPS) is 11.0. The molecule has 0 saturated carbocycles. The summed E-state index contributed by atoms with van der Waals surface area (Å²) in [6, 6.07) is 10.1. The van der Waals surface area contributed by atoms with Gasteiger partial charge in [0.1, 0.15) is 0 Å². The molecular weight excluding hydrogens is 336 g/mol. The van der Waals surface area contributed by atoms with Gasteiger partial charge in [-0.3, -0.25) is 9.52 Å². The van der Waals surface area contributed by atoms with Crippen LogP contribution in [-0.4, -0.2) is 20.9 Å². The van der Waals surface area contributed by atoms with Crippen LogP contribution in [0.5, 0.6) is 0 Å². The van der Waals surface area contributed by atoms with Crippen molar-refractivity contribution in [3.05, 3.63) is 71.3 Å². The lowest BCUT2D eigenvalue weighted by molar-refractivity contribution is 0.0958. The zero-order chi connectivity index (χ0) is 18.6. The first kappa shape index (κ1) is 18.7. The Hall–Kier alpha value is -2.60. The lowest BCUT2D eigenvalue weighted by atomic mass is 10.1. The van der Waals surface area contributed by atoms with Crippen molar-refractivity contribution in [1.82, 2.24) is 5.32 Å². The van der Waals surface area contributed by atoms with E-state index in [1.165, 1.54) is 6.07 Å². The number of nitrogens with one attached hydrogen (secondary N) is 2. The molecule has 0 aliphatic heterocycles. The molecule has 132 valence electrons. The van der Waals surface area contributed by atoms with Crippen molar-refractivity contribution in [1.29, 1.82) is 0 Å². The standard InChI is InChI=1S/C19H22N2O3S/c1-5-10-20-19(22)16-8-7-14(3)18(12-16)25(23,24)21-17-9-6-13(2)11-15(17)4/h5-9,11-12,21H,1,10H2,2-4H3,(H,20,22). The predicted molar refractivity (Wildman–Crippen MR) is 100 cm³/mol. The topological polar surface area (TPSA) is 75.3 Å². The molecule has 5 nitrogen and oxygen atoms in total. The van der Waals surface area contributed by atoms with Crippen LogP contribution in [0.25, 0.3) is 0 Å². The van der Waals surface area contributed by atoms with E-state index in [0.717, 1.165) is 11.1 Å². The number of amides is 1. The lowest BCUT2D eigenvalue weighted by Crippen LogP contribution is -2.24. The summed E-state index contributed by atoms with van der Waals surface area (Å²) in [5, 5.41) is 2.64. The second-order valence-corrected chi connectivity index (χ2v) is 7.55. The fourth-order valence-corrected chi connectivity index (χ4v) is 3.83. The third-order valence-electron chi connectivity index (χ3n) is 3.77. The van der Waals surface area contributed by atoms with Crippen LogP contribution in [0.15, 0.2) is 53.9 Å². The van der Waals surface area contributed by atoms with Crippen molar-refractivity contribution in [2.45, 2.75) is 25.7 Å². The van der Waals surface area contributed by atoms with Crippen molar-refractivity contribution in [3.63, 3.8) is 0 Å². The Bertz CT molecular complexity index is 918. The maximum Gasteiger partial charge on any atom is 0.262 e. The smallest absolute Gasteiger partial charge is 0.262 e. The summed E-state index contributed by atoms with van der Waals surface area (Å²) in [7, 11) is -3.81. The van der Waals surface area contributed by atoms with Crippen LogP contribution in [0.4, 0.5) is 5.69 Å². The highest BCUT2D eigenvalue weighted by Gasteiger charge is 2.20. The van der Waals surface area contributed by atoms with E-state index < -0.39 is 10.0 Å². The molecule has 0 saturated heterocycles. The van der Waals surface area contributed by atoms with Gasteiger partial charge in [0.2, 0.25) is 0 Å². The summed E-state index contributed by atoms with van der Waals surface area (Å²) >= 11 is 0. The van der Waals surface area contributed by atoms with E-state index in [9.17, 15) is 13.2 Å². The molecule has 25 heavy (non-hydrogen) atoms. The Balaban J connectivity index is 2.38. The first-order valence-electron chi connectivity index (χ1n) is 7.84. The molecule has 0 spiro atoms. The number of sulfonamides is 1. The van der Waals surface area contributed by atoms with E-state index in [1.54, 1.807) is 31.2 Å². The summed E-state index contributed by atoms with van der Waals surface area (Å²) in [4.78, 5) is 12.2. The van der Waals surface area contributed by atoms with Gasteiger partial charge >= 0.3 is 0 Å². The summed E-state index contributed by atoms with van der Waals surface area (Å²) in [5.74, 6) is -0.345. The summed E-state index contributed by atoms with van der Waals surface area (Å²) < 4.78 is 28.2. The van der Waals surface area contributed by atoms with Crippen molar-refractivity contribution in [2.24, 2.45) is 0 Å². The zero-order valence-corrected chi connectivity index (χ0v) is 15.4. The maximum absolute atomic E-state index is 12.8. The Morgan fingerprint density at radius 3 is 2.44 bits per heavy atom. The quantitative estimate of drug-likeness (QED) is 0.778. The largest absolute Gasteiger partial charge is 0.349 e. The fraction of sp³-hybridized carbons (Fsp3) is 0.211. The Kier molecular flexibility index (Phi) is 5.64. The zero-order valence-electron chi connectivity index (χ0n) is 14.6. The number of carbonyl (C=O) groups is 1. The highest BCUT2D eigenvalue weighted by Crippen LogP contribution is 2.23. The Labute approximate surface area is 148 Å². The molecule has 0 aliphatic rings. The third kappa shape index (κ3) is 4.48. The minimum atomic E-state index is -3.81. The Morgan fingerprint density at radius 2 is 1.80 bits per heavy atom. The summed E-state index contributed by atoms with van der Waals surface area (Å²) in [6.45, 7) is 9.34. The minimum Gasteiger partial charge on any atom is -0.349 e. The van der Waals surface area contributed by atoms with Gasteiger partial charge in [-0.05, 0) is 50.1 Å². The molecule has 0 radical (unpaired) electrons. The molecule has 2 aromatic carbocycles. The monoisotopic (exact) mass is 358 g/mol. The van der Waals surface area contributed by atoms with Gasteiger partial charge in [-0.2, -0.15) is 0 Å². The second-order valence-electron chi connectivity index (χ2n) is 5.90. The molecule has 2 N–H and O–H groups in total. The van der Waals surface area contributed by atoms with Gasteiger partial charge in [-0.25, -0.2) is 8.42 Å². The number of hydrogen-bond acceptors (Lipinski definition) is 3. The molecule has 2 rings (SSSR count). The van der Waals surface area contributed by atoms with Crippen LogP contribution < -0.4 is 10.0 Å². The highest BCUT2D eigenvalue weighted by molar-refractivity contribution is 7.92. The number of rotatable bonds is 6. The van der Waals surface area contributed by atoms with Crippen molar-refractivity contribution in [3.8, 4) is 0 Å². The number of benzene rings is 2. The van der Waals surface area contributed by atoms with Gasteiger partial charge in [-0.15, -0.1) is 6.58 Å². The van der Waals surface area contributed by atoms with Crippen LogP contribution in [0.3, 0.4) is 0 Å². The van der Waals surface area contributed by atoms with E-state index >= 15 is 0 Å². The van der Waals surface area contributed by atoms with E-state index in [2.05, 4.69) is 16.6 Å². The molecule has 0 bridgehead atoms. The fourth-order valence-electron chi connectivity index (χ4n) is 2.43. The van der Waals surface area contributed by atoms with Gasteiger partial charge in [0.25, 0.3) is 15.9 Å². The third-order valence-corrected chi connectivity index (χ3v) is 5.28. The lowest BCUT2D eigenvalue weighted by Gasteiger charge is -2.14. The highest BCUT2D eigenvalue weighted by atomic mass is 32.2. The summed E-state index contributed by atoms with van der Waals surface area (Å²) in [6.07, 6.45) is 1.56. The molecule has 6 heteroatoms. The van der Waals surface area contributed by atoms with E-state index in [0.29, 0.717) is 17.8 Å². The van der Waals surface area contributed by atoms with Crippen molar-refractivity contribution < 1.29 is 13.2 Å². The molecule has 0 aromatic heterocycles. The maximum atomic E-state index is 12.8. The van der Waals surface area contributed by atoms with Gasteiger partial charge in [0.15, 0.2) is 0 Å². The predicted octanol–water partition coefficient (Wildman–Crippen LogP) is 3.33. The molecule has 1 amide bonds. The van der Waals surface area contributed by atoms with Crippen LogP contribution in [0.2, 0.25) is 0 Å². The molecule has 2 aromatic rings. The van der Waals surface area contributed by atoms with Crippen LogP contribution in [0, 0.1) is 20.8 Å². The molecule has 0 fully saturated rings. The van der Waals surface area contributed by atoms with Crippen molar-refractivity contribution in [2.75, 3.05) is 11.3 Å². The Morgan fingerprint density at radius 1 is 1.08 bits per heavy atom. The van der Waals surface area contributed by atoms with E-state index in [-0.39, 0.29) is 16.4 Å². The second kappa shape index (κ2) is 7.53. The average molecular weight is 358 g/mol. The van der Waals surface area contributed by atoms with Crippen LogP contribution in [0.1, 0.15) is 27.0 Å². The molecule has 0 atom stereocenters. The number of aryl methyl sites for hydroxylation is 3. The van der Waals surface area contributed by atoms with Crippen molar-refractivity contribution >= 4 is 21.6 Å². The summed E-state index contributed by atoms with van der Waals surface area (Å²) in [5.41, 5.74) is 3.26. The van der Waals surface area contributed by atoms with Crippen LogP contribution >= 0.6 is 0 Å². The number of hydrogen-bond donors (Lipinski definition) is 2. The minimum absolute atomic E-state index is 0.0822. The molecular formula is C19H22N2O3S. The first-order chi connectivity index (χ1) is 11.7. The van der Waals surface area contributed by atoms with Gasteiger partial charge in [0.05, 0.1) is 10.6 Å². The number of carbonyl (C=O) groups excluding carboxylic acids is 1. The first-order valence-corrected chi connectivity index (χ1v) is 9.32. The van der Waals surface area contributed by atoms with E-state index in [1.807, 2.05) is 26.0 Å². The molecule has 0 heterocycles.